The quantitative estimate of drug-likeness (QED) is 0.872. The molecule has 1 heterocycles. The summed E-state index contributed by atoms with van der Waals surface area (Å²) >= 11 is 1.97. The van der Waals surface area contributed by atoms with Crippen LogP contribution in [0.15, 0.2) is 0 Å². The molecule has 5 heteroatoms. The first-order valence-electron chi connectivity index (χ1n) is 7.02. The van der Waals surface area contributed by atoms with Crippen LogP contribution in [0.25, 0.3) is 0 Å². The third-order valence-electron chi connectivity index (χ3n) is 3.54. The molecule has 1 aliphatic rings. The highest BCUT2D eigenvalue weighted by molar-refractivity contribution is 7.99. The van der Waals surface area contributed by atoms with E-state index in [4.69, 9.17) is 5.73 Å². The summed E-state index contributed by atoms with van der Waals surface area (Å²) in [4.78, 5) is 14.4. The second-order valence-electron chi connectivity index (χ2n) is 6.20. The summed E-state index contributed by atoms with van der Waals surface area (Å²) in [5.74, 6) is 1.25. The number of hydrogen-bond acceptors (Lipinski definition) is 3. The number of thioether (sulfide) groups is 1. The Bertz CT molecular complexity index is 281. The number of nitrogens with two attached hydrogens (primary N) is 1. The molecule has 0 aromatic carbocycles. The van der Waals surface area contributed by atoms with Crippen LogP contribution in [0.3, 0.4) is 0 Å². The number of amides is 1. The Morgan fingerprint density at radius 3 is 2.58 bits per heavy atom. The molecule has 0 aliphatic carbocycles. The van der Waals surface area contributed by atoms with Crippen LogP contribution in [0.5, 0.6) is 0 Å². The Labute approximate surface area is 128 Å². The number of likely N-dealkylation sites (tertiary alicyclic amines) is 1. The van der Waals surface area contributed by atoms with E-state index in [9.17, 15) is 4.79 Å². The molecule has 2 atom stereocenters. The third kappa shape index (κ3) is 5.92. The van der Waals surface area contributed by atoms with Crippen molar-refractivity contribution in [2.75, 3.05) is 18.8 Å². The van der Waals surface area contributed by atoms with Gasteiger partial charge in [-0.2, -0.15) is 11.8 Å². The van der Waals surface area contributed by atoms with Gasteiger partial charge in [-0.25, -0.2) is 0 Å². The predicted molar refractivity (Wildman–Crippen MR) is 87.0 cm³/mol. The Morgan fingerprint density at radius 2 is 2.05 bits per heavy atom. The fourth-order valence-corrected chi connectivity index (χ4v) is 3.33. The van der Waals surface area contributed by atoms with Gasteiger partial charge in [0.2, 0.25) is 5.91 Å². The van der Waals surface area contributed by atoms with E-state index in [1.54, 1.807) is 0 Å². The fourth-order valence-electron chi connectivity index (χ4n) is 2.24. The largest absolute Gasteiger partial charge is 0.340 e. The third-order valence-corrected chi connectivity index (χ3v) is 4.73. The molecule has 0 radical (unpaired) electrons. The monoisotopic (exact) mass is 308 g/mol. The van der Waals surface area contributed by atoms with Gasteiger partial charge in [0.25, 0.3) is 0 Å². The SMILES string of the molecule is CCSC1CCCCN(C(=O)[C@@H](N)C(C)(C)C)C1.Cl. The number of halogens is 1. The van der Waals surface area contributed by atoms with Gasteiger partial charge in [0.15, 0.2) is 0 Å². The molecular formula is C14H29ClN2OS. The molecule has 1 rings (SSSR count). The number of hydrogen-bond donors (Lipinski definition) is 1. The zero-order valence-electron chi connectivity index (χ0n) is 12.6. The highest BCUT2D eigenvalue weighted by Gasteiger charge is 2.32. The molecule has 0 aromatic rings. The van der Waals surface area contributed by atoms with Crippen LogP contribution >= 0.6 is 24.2 Å². The van der Waals surface area contributed by atoms with Gasteiger partial charge in [0, 0.05) is 18.3 Å². The van der Waals surface area contributed by atoms with Crippen molar-refractivity contribution in [3.8, 4) is 0 Å². The molecule has 2 N–H and O–H groups in total. The van der Waals surface area contributed by atoms with Crippen LogP contribution in [-0.2, 0) is 4.79 Å². The predicted octanol–water partition coefficient (Wildman–Crippen LogP) is 2.92. The van der Waals surface area contributed by atoms with Crippen molar-refractivity contribution in [3.63, 3.8) is 0 Å². The normalized spacial score (nSPS) is 22.4. The van der Waals surface area contributed by atoms with Crippen LogP contribution in [0.2, 0.25) is 0 Å². The summed E-state index contributed by atoms with van der Waals surface area (Å²) in [7, 11) is 0. The van der Waals surface area contributed by atoms with Gasteiger partial charge >= 0.3 is 0 Å². The zero-order valence-corrected chi connectivity index (χ0v) is 14.3. The smallest absolute Gasteiger partial charge is 0.240 e. The summed E-state index contributed by atoms with van der Waals surface area (Å²) in [5, 5.41) is 0.591. The summed E-state index contributed by atoms with van der Waals surface area (Å²) < 4.78 is 0. The lowest BCUT2D eigenvalue weighted by molar-refractivity contribution is -0.134. The number of rotatable bonds is 3. The maximum absolute atomic E-state index is 12.4. The van der Waals surface area contributed by atoms with E-state index in [-0.39, 0.29) is 29.8 Å². The van der Waals surface area contributed by atoms with Gasteiger partial charge in [-0.3, -0.25) is 4.79 Å². The first-order valence-corrected chi connectivity index (χ1v) is 8.07. The molecule has 1 aliphatic heterocycles. The van der Waals surface area contributed by atoms with Crippen LogP contribution in [0.4, 0.5) is 0 Å². The van der Waals surface area contributed by atoms with E-state index < -0.39 is 0 Å². The van der Waals surface area contributed by atoms with Crippen molar-refractivity contribution in [3.05, 3.63) is 0 Å². The van der Waals surface area contributed by atoms with Gasteiger partial charge in [0.1, 0.15) is 0 Å². The number of nitrogens with zero attached hydrogens (tertiary/aromatic N) is 1. The molecule has 0 aromatic heterocycles. The molecule has 0 spiro atoms. The summed E-state index contributed by atoms with van der Waals surface area (Å²) in [5.41, 5.74) is 5.94. The molecular weight excluding hydrogens is 280 g/mol. The van der Waals surface area contributed by atoms with Crippen molar-refractivity contribution < 1.29 is 4.79 Å². The van der Waals surface area contributed by atoms with E-state index in [2.05, 4.69) is 6.92 Å². The average molecular weight is 309 g/mol. The molecule has 19 heavy (non-hydrogen) atoms. The Balaban J connectivity index is 0.00000324. The van der Waals surface area contributed by atoms with E-state index in [1.807, 2.05) is 37.4 Å². The summed E-state index contributed by atoms with van der Waals surface area (Å²) in [6, 6.07) is -0.386. The second-order valence-corrected chi connectivity index (χ2v) is 7.78. The van der Waals surface area contributed by atoms with Crippen molar-refractivity contribution in [1.29, 1.82) is 0 Å². The van der Waals surface area contributed by atoms with Crippen molar-refractivity contribution in [2.45, 2.75) is 58.2 Å². The van der Waals surface area contributed by atoms with E-state index in [1.165, 1.54) is 12.8 Å². The highest BCUT2D eigenvalue weighted by Crippen LogP contribution is 2.25. The zero-order chi connectivity index (χ0) is 13.8. The van der Waals surface area contributed by atoms with Gasteiger partial charge in [-0.05, 0) is 24.0 Å². The summed E-state index contributed by atoms with van der Waals surface area (Å²) in [6.45, 7) is 10.0. The lowest BCUT2D eigenvalue weighted by atomic mass is 9.86. The Kier molecular flexibility index (Phi) is 8.41. The number of carbonyl (C=O) groups is 1. The first-order chi connectivity index (χ1) is 8.36. The second kappa shape index (κ2) is 8.38. The van der Waals surface area contributed by atoms with Crippen molar-refractivity contribution >= 4 is 30.1 Å². The minimum Gasteiger partial charge on any atom is -0.340 e. The van der Waals surface area contributed by atoms with Gasteiger partial charge in [-0.1, -0.05) is 34.1 Å². The minimum absolute atomic E-state index is 0. The maximum atomic E-state index is 12.4. The van der Waals surface area contributed by atoms with Crippen LogP contribution in [0, 0.1) is 5.41 Å². The van der Waals surface area contributed by atoms with E-state index in [0.29, 0.717) is 5.25 Å². The highest BCUT2D eigenvalue weighted by atomic mass is 35.5. The van der Waals surface area contributed by atoms with Gasteiger partial charge < -0.3 is 10.6 Å². The van der Waals surface area contributed by atoms with Crippen molar-refractivity contribution in [2.24, 2.45) is 11.1 Å². The Morgan fingerprint density at radius 1 is 1.42 bits per heavy atom. The van der Waals surface area contributed by atoms with E-state index in [0.717, 1.165) is 25.3 Å². The molecule has 1 unspecified atom stereocenters. The molecule has 1 amide bonds. The van der Waals surface area contributed by atoms with Gasteiger partial charge in [-0.15, -0.1) is 12.4 Å². The minimum atomic E-state index is -0.386. The lowest BCUT2D eigenvalue weighted by Crippen LogP contribution is -2.51. The lowest BCUT2D eigenvalue weighted by Gasteiger charge is -2.32. The fraction of sp³-hybridized carbons (Fsp3) is 0.929. The van der Waals surface area contributed by atoms with E-state index >= 15 is 0 Å². The molecule has 114 valence electrons. The molecule has 0 bridgehead atoms. The average Bonchev–Trinajstić information content (AvgIpc) is 2.52. The first kappa shape index (κ1) is 19.1. The molecule has 1 fully saturated rings. The van der Waals surface area contributed by atoms with Crippen LogP contribution < -0.4 is 5.73 Å². The topological polar surface area (TPSA) is 46.3 Å². The standard InChI is InChI=1S/C14H28N2OS.ClH/c1-5-18-11-8-6-7-9-16(10-11)13(17)12(15)14(2,3)4;/h11-12H,5-10,15H2,1-4H3;1H/t11?,12-;/m1./s1. The maximum Gasteiger partial charge on any atom is 0.240 e. The Hall–Kier alpha value is 0.0700. The van der Waals surface area contributed by atoms with Crippen LogP contribution in [-0.4, -0.2) is 40.9 Å². The number of carbonyl (C=O) groups excluding carboxylic acids is 1. The molecule has 0 saturated carbocycles. The molecule has 1 saturated heterocycles. The van der Waals surface area contributed by atoms with Gasteiger partial charge in [0.05, 0.1) is 6.04 Å². The van der Waals surface area contributed by atoms with Crippen molar-refractivity contribution in [1.82, 2.24) is 4.90 Å². The molecule has 3 nitrogen and oxygen atoms in total. The van der Waals surface area contributed by atoms with Crippen LogP contribution in [0.1, 0.15) is 47.0 Å². The summed E-state index contributed by atoms with van der Waals surface area (Å²) in [6.07, 6.45) is 3.57.